The van der Waals surface area contributed by atoms with Gasteiger partial charge < -0.3 is 19.7 Å². The van der Waals surface area contributed by atoms with E-state index < -0.39 is 5.79 Å². The van der Waals surface area contributed by atoms with Crippen LogP contribution in [0, 0.1) is 6.92 Å². The molecule has 0 radical (unpaired) electrons. The fourth-order valence-corrected chi connectivity index (χ4v) is 3.72. The minimum atomic E-state index is -0.484. The molecule has 148 valence electrons. The number of carbonyl (C=O) groups excluding carboxylic acids is 1. The van der Waals surface area contributed by atoms with Crippen LogP contribution in [-0.2, 0) is 15.9 Å². The summed E-state index contributed by atoms with van der Waals surface area (Å²) in [5.74, 6) is -0.0534. The topological polar surface area (TPSA) is 76.6 Å². The Morgan fingerprint density at radius 2 is 1.86 bits per heavy atom. The van der Waals surface area contributed by atoms with Crippen LogP contribution in [0.1, 0.15) is 34.6 Å². The van der Waals surface area contributed by atoms with Crippen LogP contribution in [0.4, 0.5) is 5.95 Å². The number of nitrogens with one attached hydrogen (secondary N) is 1. The fraction of sp³-hybridized carbons (Fsp3) is 0.476. The van der Waals surface area contributed by atoms with E-state index in [4.69, 9.17) is 9.47 Å². The first-order chi connectivity index (χ1) is 13.6. The molecule has 1 aromatic carbocycles. The van der Waals surface area contributed by atoms with Gasteiger partial charge in [0.25, 0.3) is 5.91 Å². The van der Waals surface area contributed by atoms with Crippen LogP contribution in [0.25, 0.3) is 0 Å². The first kappa shape index (κ1) is 18.8. The van der Waals surface area contributed by atoms with Crippen LogP contribution in [0.2, 0.25) is 0 Å². The summed E-state index contributed by atoms with van der Waals surface area (Å²) < 4.78 is 11.5. The van der Waals surface area contributed by atoms with Gasteiger partial charge in [0.1, 0.15) is 5.69 Å². The van der Waals surface area contributed by atoms with Gasteiger partial charge in [-0.3, -0.25) is 4.79 Å². The van der Waals surface area contributed by atoms with Gasteiger partial charge in [-0.05, 0) is 25.0 Å². The van der Waals surface area contributed by atoms with Crippen LogP contribution < -0.4 is 5.32 Å². The standard InChI is InChI=1S/C21H26N4O3/c1-16-15-18(19(26)25-11-8-21(9-12-25)27-13-14-28-21)24-20(23-16)22-10-7-17-5-3-2-4-6-17/h2-6,15H,7-14H2,1H3,(H,22,23,24). The Balaban J connectivity index is 1.37. The average Bonchev–Trinajstić information content (AvgIpc) is 3.16. The highest BCUT2D eigenvalue weighted by Crippen LogP contribution is 2.31. The van der Waals surface area contributed by atoms with E-state index in [1.54, 1.807) is 6.07 Å². The van der Waals surface area contributed by atoms with Gasteiger partial charge in [0.05, 0.1) is 13.2 Å². The summed E-state index contributed by atoms with van der Waals surface area (Å²) in [5, 5.41) is 3.24. The Morgan fingerprint density at radius 3 is 2.57 bits per heavy atom. The first-order valence-corrected chi connectivity index (χ1v) is 9.84. The fourth-order valence-electron chi connectivity index (χ4n) is 3.72. The van der Waals surface area contributed by atoms with E-state index in [0.717, 1.165) is 12.1 Å². The van der Waals surface area contributed by atoms with Crippen LogP contribution in [-0.4, -0.2) is 59.4 Å². The Morgan fingerprint density at radius 1 is 1.14 bits per heavy atom. The molecule has 0 aliphatic carbocycles. The van der Waals surface area contributed by atoms with E-state index >= 15 is 0 Å². The third kappa shape index (κ3) is 4.31. The van der Waals surface area contributed by atoms with Gasteiger partial charge >= 0.3 is 0 Å². The number of ether oxygens (including phenoxy) is 2. The second kappa shape index (κ2) is 8.24. The Labute approximate surface area is 165 Å². The van der Waals surface area contributed by atoms with Crippen LogP contribution in [0.5, 0.6) is 0 Å². The van der Waals surface area contributed by atoms with Crippen molar-refractivity contribution >= 4 is 11.9 Å². The van der Waals surface area contributed by atoms with Gasteiger partial charge in [0.2, 0.25) is 5.95 Å². The van der Waals surface area contributed by atoms with E-state index in [1.807, 2.05) is 30.0 Å². The molecule has 2 fully saturated rings. The zero-order valence-corrected chi connectivity index (χ0v) is 16.2. The summed E-state index contributed by atoms with van der Waals surface area (Å²) in [6, 6.07) is 12.0. The maximum Gasteiger partial charge on any atom is 0.272 e. The number of nitrogens with zero attached hydrogens (tertiary/aromatic N) is 3. The highest BCUT2D eigenvalue weighted by Gasteiger charge is 2.41. The molecule has 7 heteroatoms. The number of carbonyl (C=O) groups is 1. The van der Waals surface area contributed by atoms with E-state index in [0.29, 0.717) is 57.3 Å². The van der Waals surface area contributed by atoms with Gasteiger partial charge in [-0.1, -0.05) is 30.3 Å². The predicted octanol–water partition coefficient (Wildman–Crippen LogP) is 2.42. The van der Waals surface area contributed by atoms with Gasteiger partial charge in [-0.15, -0.1) is 0 Å². The van der Waals surface area contributed by atoms with E-state index in [1.165, 1.54) is 5.56 Å². The first-order valence-electron chi connectivity index (χ1n) is 9.84. The van der Waals surface area contributed by atoms with Gasteiger partial charge in [-0.25, -0.2) is 9.97 Å². The number of likely N-dealkylation sites (tertiary alicyclic amines) is 1. The van der Waals surface area contributed by atoms with Crippen LogP contribution in [0.15, 0.2) is 36.4 Å². The molecule has 0 atom stereocenters. The molecule has 2 aliphatic rings. The Hall–Kier alpha value is -2.51. The van der Waals surface area contributed by atoms with E-state index in [-0.39, 0.29) is 5.91 Å². The lowest BCUT2D eigenvalue weighted by atomic mass is 10.0. The molecule has 1 amide bonds. The van der Waals surface area contributed by atoms with Crippen molar-refractivity contribution in [2.45, 2.75) is 32.0 Å². The van der Waals surface area contributed by atoms with Crippen molar-refractivity contribution in [3.05, 3.63) is 53.3 Å². The van der Waals surface area contributed by atoms with Crippen molar-refractivity contribution in [3.63, 3.8) is 0 Å². The van der Waals surface area contributed by atoms with Crippen molar-refractivity contribution in [3.8, 4) is 0 Å². The second-order valence-electron chi connectivity index (χ2n) is 7.28. The molecule has 3 heterocycles. The summed E-state index contributed by atoms with van der Waals surface area (Å²) in [6.07, 6.45) is 2.27. The zero-order valence-electron chi connectivity index (χ0n) is 16.2. The summed E-state index contributed by atoms with van der Waals surface area (Å²) in [4.78, 5) is 23.6. The third-order valence-corrected chi connectivity index (χ3v) is 5.24. The Kier molecular flexibility index (Phi) is 5.54. The molecule has 0 bridgehead atoms. The summed E-state index contributed by atoms with van der Waals surface area (Å²) in [6.45, 7) is 5.08. The monoisotopic (exact) mass is 382 g/mol. The smallest absolute Gasteiger partial charge is 0.272 e. The number of amides is 1. The maximum atomic E-state index is 12.9. The van der Waals surface area contributed by atoms with Crippen molar-refractivity contribution in [1.82, 2.24) is 14.9 Å². The molecular formula is C21H26N4O3. The van der Waals surface area contributed by atoms with Gasteiger partial charge in [-0.2, -0.15) is 0 Å². The normalized spacial score (nSPS) is 18.4. The Bertz CT molecular complexity index is 812. The van der Waals surface area contributed by atoms with Crippen LogP contribution in [0.3, 0.4) is 0 Å². The SMILES string of the molecule is Cc1cc(C(=O)N2CCC3(CC2)OCCO3)nc(NCCc2ccccc2)n1. The number of benzene rings is 1. The number of hydrogen-bond donors (Lipinski definition) is 1. The summed E-state index contributed by atoms with van der Waals surface area (Å²) >= 11 is 0. The minimum absolute atomic E-state index is 0.0653. The lowest BCUT2D eigenvalue weighted by Crippen LogP contribution is -2.47. The molecule has 7 nitrogen and oxygen atoms in total. The van der Waals surface area contributed by atoms with Gasteiger partial charge in [0, 0.05) is 38.2 Å². The number of aromatic nitrogens is 2. The quantitative estimate of drug-likeness (QED) is 0.856. The molecule has 28 heavy (non-hydrogen) atoms. The lowest BCUT2D eigenvalue weighted by molar-refractivity contribution is -0.181. The zero-order chi connectivity index (χ0) is 19.4. The highest BCUT2D eigenvalue weighted by atomic mass is 16.7. The highest BCUT2D eigenvalue weighted by molar-refractivity contribution is 5.92. The molecule has 1 aromatic heterocycles. The molecule has 4 rings (SSSR count). The minimum Gasteiger partial charge on any atom is -0.354 e. The van der Waals surface area contributed by atoms with E-state index in [2.05, 4.69) is 27.4 Å². The van der Waals surface area contributed by atoms with Crippen molar-refractivity contribution < 1.29 is 14.3 Å². The van der Waals surface area contributed by atoms with Gasteiger partial charge in [0.15, 0.2) is 5.79 Å². The lowest BCUT2D eigenvalue weighted by Gasteiger charge is -2.37. The molecule has 2 saturated heterocycles. The maximum absolute atomic E-state index is 12.9. The molecule has 2 aliphatic heterocycles. The molecular weight excluding hydrogens is 356 g/mol. The average molecular weight is 382 g/mol. The number of piperidine rings is 1. The van der Waals surface area contributed by atoms with Crippen molar-refractivity contribution in [2.24, 2.45) is 0 Å². The largest absolute Gasteiger partial charge is 0.354 e. The molecule has 0 saturated carbocycles. The predicted molar refractivity (Wildman–Crippen MR) is 105 cm³/mol. The number of anilines is 1. The second-order valence-corrected chi connectivity index (χ2v) is 7.28. The van der Waals surface area contributed by atoms with Crippen LogP contribution >= 0.6 is 0 Å². The van der Waals surface area contributed by atoms with Crippen molar-refractivity contribution in [2.75, 3.05) is 38.2 Å². The molecule has 2 aromatic rings. The number of rotatable bonds is 5. The molecule has 1 spiro atoms. The molecule has 0 unspecified atom stereocenters. The third-order valence-electron chi connectivity index (χ3n) is 5.24. The van der Waals surface area contributed by atoms with E-state index in [9.17, 15) is 4.79 Å². The summed E-state index contributed by atoms with van der Waals surface area (Å²) in [7, 11) is 0. The number of hydrogen-bond acceptors (Lipinski definition) is 6. The molecule has 1 N–H and O–H groups in total. The number of aryl methyl sites for hydroxylation is 1. The summed E-state index contributed by atoms with van der Waals surface area (Å²) in [5.41, 5.74) is 2.45. The van der Waals surface area contributed by atoms with Crippen molar-refractivity contribution in [1.29, 1.82) is 0 Å².